The molecule has 1 unspecified atom stereocenters. The van der Waals surface area contributed by atoms with Gasteiger partial charge in [-0.3, -0.25) is 15.1 Å². The maximum absolute atomic E-state index is 11.4. The van der Waals surface area contributed by atoms with E-state index >= 15 is 0 Å². The highest BCUT2D eigenvalue weighted by Crippen LogP contribution is 2.21. The van der Waals surface area contributed by atoms with Crippen molar-refractivity contribution in [2.75, 3.05) is 6.54 Å². The second-order valence-electron chi connectivity index (χ2n) is 5.33. The molecule has 0 aromatic heterocycles. The molecule has 1 aromatic rings. The number of nitrogens with two attached hydrogens (primary N) is 1. The van der Waals surface area contributed by atoms with E-state index in [1.54, 1.807) is 0 Å². The van der Waals surface area contributed by atoms with Gasteiger partial charge in [0.1, 0.15) is 0 Å². The van der Waals surface area contributed by atoms with E-state index in [1.807, 2.05) is 18.2 Å². The highest BCUT2D eigenvalue weighted by atomic mass is 16.2. The number of hydrogen-bond acceptors (Lipinski definition) is 3. The molecule has 1 heterocycles. The van der Waals surface area contributed by atoms with Gasteiger partial charge in [0.05, 0.1) is 6.42 Å². The molecule has 104 valence electrons. The number of carbonyl (C=O) groups is 1. The van der Waals surface area contributed by atoms with Gasteiger partial charge in [0.25, 0.3) is 0 Å². The zero-order chi connectivity index (χ0) is 13.7. The van der Waals surface area contributed by atoms with Crippen LogP contribution in [-0.4, -0.2) is 23.4 Å². The predicted molar refractivity (Wildman–Crippen MR) is 76.2 cm³/mol. The number of carbonyl (C=O) groups excluding carboxylic acids is 1. The van der Waals surface area contributed by atoms with Crippen LogP contribution in [0.3, 0.4) is 0 Å². The molecule has 0 radical (unpaired) electrons. The van der Waals surface area contributed by atoms with Crippen LogP contribution in [-0.2, 0) is 17.8 Å². The van der Waals surface area contributed by atoms with Crippen molar-refractivity contribution in [3.8, 4) is 0 Å². The number of likely N-dealkylation sites (tertiary alicyclic amines) is 1. The van der Waals surface area contributed by atoms with Crippen molar-refractivity contribution in [2.24, 2.45) is 5.84 Å². The topological polar surface area (TPSA) is 58.4 Å². The molecule has 1 saturated heterocycles. The Morgan fingerprint density at radius 1 is 1.37 bits per heavy atom. The van der Waals surface area contributed by atoms with Gasteiger partial charge >= 0.3 is 0 Å². The van der Waals surface area contributed by atoms with Crippen LogP contribution in [0.5, 0.6) is 0 Å². The molecule has 0 bridgehead atoms. The molecule has 3 N–H and O–H groups in total. The molecule has 1 fully saturated rings. The Hall–Kier alpha value is -1.39. The smallest absolute Gasteiger partial charge is 0.238 e. The summed E-state index contributed by atoms with van der Waals surface area (Å²) < 4.78 is 0. The zero-order valence-corrected chi connectivity index (χ0v) is 11.6. The first-order valence-corrected chi connectivity index (χ1v) is 7.01. The summed E-state index contributed by atoms with van der Waals surface area (Å²) in [5, 5.41) is 0. The summed E-state index contributed by atoms with van der Waals surface area (Å²) in [7, 11) is 0. The number of amides is 1. The van der Waals surface area contributed by atoms with Crippen LogP contribution in [0.4, 0.5) is 0 Å². The van der Waals surface area contributed by atoms with Crippen LogP contribution in [0.25, 0.3) is 0 Å². The summed E-state index contributed by atoms with van der Waals surface area (Å²) >= 11 is 0. The van der Waals surface area contributed by atoms with Crippen LogP contribution in [0, 0.1) is 0 Å². The number of benzene rings is 1. The molecule has 1 aromatic carbocycles. The van der Waals surface area contributed by atoms with Gasteiger partial charge < -0.3 is 0 Å². The minimum absolute atomic E-state index is 0.140. The maximum atomic E-state index is 11.4. The summed E-state index contributed by atoms with van der Waals surface area (Å²) in [6, 6.07) is 8.76. The summed E-state index contributed by atoms with van der Waals surface area (Å²) in [5.41, 5.74) is 4.51. The summed E-state index contributed by atoms with van der Waals surface area (Å²) in [5.74, 6) is 5.03. The summed E-state index contributed by atoms with van der Waals surface area (Å²) in [6.45, 7) is 4.36. The van der Waals surface area contributed by atoms with Crippen molar-refractivity contribution in [1.29, 1.82) is 0 Å². The third kappa shape index (κ3) is 3.78. The lowest BCUT2D eigenvalue weighted by Gasteiger charge is -2.33. The average Bonchev–Trinajstić information content (AvgIpc) is 2.43. The van der Waals surface area contributed by atoms with Crippen molar-refractivity contribution in [1.82, 2.24) is 10.3 Å². The van der Waals surface area contributed by atoms with Crippen LogP contribution in [0.15, 0.2) is 24.3 Å². The van der Waals surface area contributed by atoms with E-state index in [0.717, 1.165) is 18.7 Å². The van der Waals surface area contributed by atoms with Crippen molar-refractivity contribution in [3.63, 3.8) is 0 Å². The first kappa shape index (κ1) is 14.0. The minimum Gasteiger partial charge on any atom is -0.296 e. The van der Waals surface area contributed by atoms with Gasteiger partial charge in [0.15, 0.2) is 0 Å². The normalized spacial score (nSPS) is 20.2. The third-order valence-electron chi connectivity index (χ3n) is 3.94. The van der Waals surface area contributed by atoms with Crippen molar-refractivity contribution < 1.29 is 4.79 Å². The molecule has 0 saturated carbocycles. The lowest BCUT2D eigenvalue weighted by atomic mass is 9.99. The van der Waals surface area contributed by atoms with Gasteiger partial charge in [-0.15, -0.1) is 0 Å². The lowest BCUT2D eigenvalue weighted by Crippen LogP contribution is -2.37. The minimum atomic E-state index is -0.140. The number of hydrogen-bond donors (Lipinski definition) is 2. The number of nitrogens with one attached hydrogen (secondary N) is 1. The molecular weight excluding hydrogens is 238 g/mol. The Morgan fingerprint density at radius 2 is 2.11 bits per heavy atom. The fourth-order valence-electron chi connectivity index (χ4n) is 2.72. The van der Waals surface area contributed by atoms with E-state index in [-0.39, 0.29) is 5.91 Å². The maximum Gasteiger partial charge on any atom is 0.238 e. The fourth-order valence-corrected chi connectivity index (χ4v) is 2.72. The largest absolute Gasteiger partial charge is 0.296 e. The van der Waals surface area contributed by atoms with Crippen LogP contribution >= 0.6 is 0 Å². The Morgan fingerprint density at radius 3 is 2.79 bits per heavy atom. The zero-order valence-electron chi connectivity index (χ0n) is 11.6. The SMILES string of the molecule is CC1CCCCN1Cc1ccccc1CC(=O)NN. The number of hydrazine groups is 1. The molecule has 4 nitrogen and oxygen atoms in total. The van der Waals surface area contributed by atoms with Gasteiger partial charge in [-0.25, -0.2) is 5.84 Å². The second-order valence-corrected chi connectivity index (χ2v) is 5.33. The molecule has 1 aliphatic rings. The second kappa shape index (κ2) is 6.68. The van der Waals surface area contributed by atoms with Gasteiger partial charge in [-0.2, -0.15) is 0 Å². The van der Waals surface area contributed by atoms with Gasteiger partial charge in [0.2, 0.25) is 5.91 Å². The highest BCUT2D eigenvalue weighted by Gasteiger charge is 2.19. The monoisotopic (exact) mass is 261 g/mol. The number of rotatable bonds is 4. The quantitative estimate of drug-likeness (QED) is 0.491. The van der Waals surface area contributed by atoms with E-state index in [1.165, 1.54) is 24.8 Å². The standard InChI is InChI=1S/C15H23N3O/c1-12-6-4-5-9-18(12)11-14-8-3-2-7-13(14)10-15(19)17-16/h2-3,7-8,12H,4-6,9-11,16H2,1H3,(H,17,19). The Balaban J connectivity index is 2.08. The Kier molecular flexibility index (Phi) is 4.93. The number of piperidine rings is 1. The molecule has 2 rings (SSSR count). The first-order valence-electron chi connectivity index (χ1n) is 7.01. The van der Waals surface area contributed by atoms with Crippen LogP contribution in [0.1, 0.15) is 37.3 Å². The van der Waals surface area contributed by atoms with E-state index in [9.17, 15) is 4.79 Å². The van der Waals surface area contributed by atoms with E-state index < -0.39 is 0 Å². The fraction of sp³-hybridized carbons (Fsp3) is 0.533. The molecule has 0 aliphatic carbocycles. The molecule has 1 aliphatic heterocycles. The van der Waals surface area contributed by atoms with E-state index in [4.69, 9.17) is 5.84 Å². The van der Waals surface area contributed by atoms with Gasteiger partial charge in [-0.1, -0.05) is 30.7 Å². The molecule has 1 atom stereocenters. The van der Waals surface area contributed by atoms with Crippen LogP contribution < -0.4 is 11.3 Å². The number of nitrogens with zero attached hydrogens (tertiary/aromatic N) is 1. The van der Waals surface area contributed by atoms with E-state index in [2.05, 4.69) is 23.3 Å². The third-order valence-corrected chi connectivity index (χ3v) is 3.94. The summed E-state index contributed by atoms with van der Waals surface area (Å²) in [6.07, 6.45) is 4.23. The van der Waals surface area contributed by atoms with Crippen molar-refractivity contribution in [3.05, 3.63) is 35.4 Å². The highest BCUT2D eigenvalue weighted by molar-refractivity contribution is 5.78. The average molecular weight is 261 g/mol. The summed E-state index contributed by atoms with van der Waals surface area (Å²) in [4.78, 5) is 13.9. The molecule has 19 heavy (non-hydrogen) atoms. The lowest BCUT2D eigenvalue weighted by molar-refractivity contribution is -0.120. The predicted octanol–water partition coefficient (Wildman–Crippen LogP) is 1.59. The van der Waals surface area contributed by atoms with Gasteiger partial charge in [-0.05, 0) is 37.4 Å². The molecule has 1 amide bonds. The van der Waals surface area contributed by atoms with Crippen molar-refractivity contribution >= 4 is 5.91 Å². The van der Waals surface area contributed by atoms with Crippen LogP contribution in [0.2, 0.25) is 0 Å². The Labute approximate surface area is 114 Å². The Bertz CT molecular complexity index is 433. The molecule has 0 spiro atoms. The molecule has 4 heteroatoms. The molecular formula is C15H23N3O. The van der Waals surface area contributed by atoms with E-state index in [0.29, 0.717) is 12.5 Å². The first-order chi connectivity index (χ1) is 9.20. The van der Waals surface area contributed by atoms with Gasteiger partial charge in [0, 0.05) is 12.6 Å². The van der Waals surface area contributed by atoms with Crippen molar-refractivity contribution in [2.45, 2.75) is 45.2 Å².